The van der Waals surface area contributed by atoms with E-state index in [0.717, 1.165) is 25.1 Å². The van der Waals surface area contributed by atoms with Gasteiger partial charge in [-0.2, -0.15) is 0 Å². The van der Waals surface area contributed by atoms with E-state index in [-0.39, 0.29) is 11.3 Å². The second-order valence-electron chi connectivity index (χ2n) is 8.44. The fourth-order valence-electron chi connectivity index (χ4n) is 4.29. The van der Waals surface area contributed by atoms with Crippen LogP contribution < -0.4 is 0 Å². The Morgan fingerprint density at radius 1 is 1.30 bits per heavy atom. The Morgan fingerprint density at radius 3 is 2.39 bits per heavy atom. The molecule has 0 aliphatic carbocycles. The van der Waals surface area contributed by atoms with Crippen LogP contribution in [-0.4, -0.2) is 34.6 Å². The zero-order chi connectivity index (χ0) is 17.3. The zero-order valence-corrected chi connectivity index (χ0v) is 15.2. The van der Waals surface area contributed by atoms with Gasteiger partial charge in [0.2, 0.25) is 0 Å². The third-order valence-corrected chi connectivity index (χ3v) is 5.15. The van der Waals surface area contributed by atoms with Crippen molar-refractivity contribution in [1.29, 1.82) is 0 Å². The van der Waals surface area contributed by atoms with E-state index in [0.29, 0.717) is 12.3 Å². The lowest BCUT2D eigenvalue weighted by Gasteiger charge is -2.44. The summed E-state index contributed by atoms with van der Waals surface area (Å²) in [4.78, 5) is 14.8. The van der Waals surface area contributed by atoms with E-state index in [4.69, 9.17) is 0 Å². The van der Waals surface area contributed by atoms with Crippen molar-refractivity contribution in [3.8, 4) is 0 Å². The number of carbonyl (C=O) groups is 1. The Kier molecular flexibility index (Phi) is 5.20. The highest BCUT2D eigenvalue weighted by molar-refractivity contribution is 5.80. The molecule has 0 radical (unpaired) electrons. The lowest BCUT2D eigenvalue weighted by atomic mass is 9.67. The molecule has 0 saturated carbocycles. The molecule has 1 aromatic carbocycles. The monoisotopic (exact) mass is 317 g/mol. The number of rotatable bonds is 5. The molecule has 1 unspecified atom stereocenters. The van der Waals surface area contributed by atoms with Gasteiger partial charge >= 0.3 is 5.97 Å². The molecule has 1 heterocycles. The van der Waals surface area contributed by atoms with Crippen molar-refractivity contribution in [2.45, 2.75) is 53.0 Å². The summed E-state index contributed by atoms with van der Waals surface area (Å²) >= 11 is 0. The second-order valence-corrected chi connectivity index (χ2v) is 8.44. The number of hydrogen-bond donors (Lipinski definition) is 1. The highest BCUT2D eigenvalue weighted by atomic mass is 16.4. The van der Waals surface area contributed by atoms with Gasteiger partial charge in [-0.3, -0.25) is 9.69 Å². The van der Waals surface area contributed by atoms with Gasteiger partial charge in [0.25, 0.3) is 0 Å². The minimum Gasteiger partial charge on any atom is -0.480 e. The summed E-state index contributed by atoms with van der Waals surface area (Å²) in [5.41, 5.74) is 0.280. The van der Waals surface area contributed by atoms with E-state index in [9.17, 15) is 9.90 Å². The number of aliphatic carboxylic acids is 1. The predicted octanol–water partition coefficient (Wildman–Crippen LogP) is 4.08. The van der Waals surface area contributed by atoms with E-state index >= 15 is 0 Å². The van der Waals surface area contributed by atoms with Gasteiger partial charge in [0, 0.05) is 13.0 Å². The van der Waals surface area contributed by atoms with Gasteiger partial charge in [-0.25, -0.2) is 0 Å². The summed E-state index contributed by atoms with van der Waals surface area (Å²) in [7, 11) is 0. The van der Waals surface area contributed by atoms with Gasteiger partial charge in [0.15, 0.2) is 0 Å². The smallest absolute Gasteiger partial charge is 0.324 e. The summed E-state index contributed by atoms with van der Waals surface area (Å²) in [6, 6.07) is 10.1. The molecule has 1 saturated heterocycles. The SMILES string of the molecule is CC(C)CN1CCC(C(C)(C)C)[C@@]1(Cc1ccccc1)C(=O)O. The molecular formula is C20H31NO2. The largest absolute Gasteiger partial charge is 0.480 e. The zero-order valence-electron chi connectivity index (χ0n) is 15.2. The quantitative estimate of drug-likeness (QED) is 0.889. The summed E-state index contributed by atoms with van der Waals surface area (Å²) in [6.45, 7) is 12.6. The molecule has 1 aliphatic heterocycles. The first-order valence-corrected chi connectivity index (χ1v) is 8.70. The molecule has 2 rings (SSSR count). The average Bonchev–Trinajstić information content (AvgIpc) is 2.79. The second kappa shape index (κ2) is 6.64. The van der Waals surface area contributed by atoms with Crippen molar-refractivity contribution >= 4 is 5.97 Å². The Hall–Kier alpha value is -1.35. The molecule has 128 valence electrons. The first-order valence-electron chi connectivity index (χ1n) is 8.70. The molecule has 3 heteroatoms. The van der Waals surface area contributed by atoms with Gasteiger partial charge < -0.3 is 5.11 Å². The third-order valence-electron chi connectivity index (χ3n) is 5.15. The molecule has 0 spiro atoms. The van der Waals surface area contributed by atoms with E-state index < -0.39 is 11.5 Å². The van der Waals surface area contributed by atoms with Crippen molar-refractivity contribution in [3.05, 3.63) is 35.9 Å². The number of carboxylic acid groups (broad SMARTS) is 1. The van der Waals surface area contributed by atoms with Crippen molar-refractivity contribution in [1.82, 2.24) is 4.90 Å². The van der Waals surface area contributed by atoms with Crippen LogP contribution in [0.3, 0.4) is 0 Å². The molecule has 1 N–H and O–H groups in total. The fraction of sp³-hybridized carbons (Fsp3) is 0.650. The molecule has 0 bridgehead atoms. The molecule has 0 aromatic heterocycles. The summed E-state index contributed by atoms with van der Waals surface area (Å²) in [5, 5.41) is 10.3. The average molecular weight is 317 g/mol. The highest BCUT2D eigenvalue weighted by Crippen LogP contribution is 2.47. The standard InChI is InChI=1S/C20H31NO2/c1-15(2)14-21-12-11-17(19(3,4)5)20(21,18(22)23)13-16-9-7-6-8-10-16/h6-10,15,17H,11-14H2,1-5H3,(H,22,23)/t17?,20-/m0/s1. The van der Waals surface area contributed by atoms with Crippen LogP contribution in [0.2, 0.25) is 0 Å². The van der Waals surface area contributed by atoms with E-state index in [1.165, 1.54) is 0 Å². The Bertz CT molecular complexity index is 532. The maximum atomic E-state index is 12.5. The van der Waals surface area contributed by atoms with Crippen LogP contribution in [0.25, 0.3) is 0 Å². The van der Waals surface area contributed by atoms with E-state index in [1.54, 1.807) is 0 Å². The fourth-order valence-corrected chi connectivity index (χ4v) is 4.29. The maximum Gasteiger partial charge on any atom is 0.324 e. The van der Waals surface area contributed by atoms with Crippen LogP contribution in [0.5, 0.6) is 0 Å². The van der Waals surface area contributed by atoms with Gasteiger partial charge in [0.1, 0.15) is 5.54 Å². The summed E-state index contributed by atoms with van der Waals surface area (Å²) in [6.07, 6.45) is 1.53. The normalized spacial score (nSPS) is 25.9. The van der Waals surface area contributed by atoms with Gasteiger partial charge in [0.05, 0.1) is 0 Å². The van der Waals surface area contributed by atoms with Crippen LogP contribution in [0.4, 0.5) is 0 Å². The first kappa shape index (κ1) is 18.0. The summed E-state index contributed by atoms with van der Waals surface area (Å²) < 4.78 is 0. The van der Waals surface area contributed by atoms with Crippen molar-refractivity contribution in [2.24, 2.45) is 17.3 Å². The van der Waals surface area contributed by atoms with E-state index in [2.05, 4.69) is 51.7 Å². The predicted molar refractivity (Wildman–Crippen MR) is 94.5 cm³/mol. The molecule has 2 atom stereocenters. The molecule has 1 aromatic rings. The van der Waals surface area contributed by atoms with Gasteiger partial charge in [-0.1, -0.05) is 65.0 Å². The molecule has 1 fully saturated rings. The number of likely N-dealkylation sites (tertiary alicyclic amines) is 1. The van der Waals surface area contributed by atoms with Crippen LogP contribution in [0.1, 0.15) is 46.6 Å². The topological polar surface area (TPSA) is 40.5 Å². The highest BCUT2D eigenvalue weighted by Gasteiger charge is 2.57. The Labute approximate surface area is 140 Å². The van der Waals surface area contributed by atoms with Crippen molar-refractivity contribution in [2.75, 3.05) is 13.1 Å². The van der Waals surface area contributed by atoms with Crippen LogP contribution in [0, 0.1) is 17.3 Å². The molecule has 0 amide bonds. The van der Waals surface area contributed by atoms with Crippen molar-refractivity contribution in [3.63, 3.8) is 0 Å². The summed E-state index contributed by atoms with van der Waals surface area (Å²) in [5.74, 6) is -0.0610. The lowest BCUT2D eigenvalue weighted by Crippen LogP contribution is -2.59. The Balaban J connectivity index is 2.48. The lowest BCUT2D eigenvalue weighted by molar-refractivity contribution is -0.155. The molecular weight excluding hydrogens is 286 g/mol. The minimum atomic E-state index is -0.802. The minimum absolute atomic E-state index is 0.0289. The van der Waals surface area contributed by atoms with Crippen LogP contribution >= 0.6 is 0 Å². The van der Waals surface area contributed by atoms with Crippen LogP contribution in [0.15, 0.2) is 30.3 Å². The molecule has 1 aliphatic rings. The number of hydrogen-bond acceptors (Lipinski definition) is 2. The van der Waals surface area contributed by atoms with Gasteiger partial charge in [-0.05, 0) is 35.8 Å². The maximum absolute atomic E-state index is 12.5. The van der Waals surface area contributed by atoms with Crippen molar-refractivity contribution < 1.29 is 9.90 Å². The van der Waals surface area contributed by atoms with E-state index in [1.807, 2.05) is 18.2 Å². The number of benzene rings is 1. The third kappa shape index (κ3) is 3.60. The van der Waals surface area contributed by atoms with Crippen LogP contribution in [-0.2, 0) is 11.2 Å². The molecule has 23 heavy (non-hydrogen) atoms. The Morgan fingerprint density at radius 2 is 1.91 bits per heavy atom. The first-order chi connectivity index (χ1) is 10.7. The number of carboxylic acids is 1. The number of nitrogens with zero attached hydrogens (tertiary/aromatic N) is 1. The van der Waals surface area contributed by atoms with Gasteiger partial charge in [-0.15, -0.1) is 0 Å². The molecule has 3 nitrogen and oxygen atoms in total.